The van der Waals surface area contributed by atoms with Gasteiger partial charge in [-0.3, -0.25) is 14.4 Å². The molecule has 6 nitrogen and oxygen atoms in total. The van der Waals surface area contributed by atoms with Gasteiger partial charge < -0.3 is 15.3 Å². The zero-order chi connectivity index (χ0) is 27.4. The molecule has 0 saturated carbocycles. The molecule has 1 unspecified atom stereocenters. The Morgan fingerprint density at radius 2 is 2.07 bits per heavy atom. The second-order valence-corrected chi connectivity index (χ2v) is 6.91. The standard InChI is InChI=1S/C21H30N2O4/c1-12(2)19(25)17(24)10-13(3)20(26)22-18-16-9-7-6-8-15(16)11-14(4)23(5)21(18)27/h6-9,12-14,18-19,25H,10-11H2,1-5H3,(H,22,26)/t13-,14?,18+,19+/m1/s1/i6D,7D,8D,9D,11D2,14D,19D. The highest BCUT2D eigenvalue weighted by atomic mass is 16.3. The van der Waals surface area contributed by atoms with Crippen molar-refractivity contribution in [1.82, 2.24) is 10.2 Å². The largest absolute Gasteiger partial charge is 0.385 e. The molecule has 0 aliphatic carbocycles. The minimum atomic E-state index is -2.76. The Bertz CT molecular complexity index is 1070. The number of hydrogen-bond acceptors (Lipinski definition) is 4. The van der Waals surface area contributed by atoms with Crippen LogP contribution in [0.4, 0.5) is 0 Å². The van der Waals surface area contributed by atoms with Gasteiger partial charge in [0.25, 0.3) is 0 Å². The lowest BCUT2D eigenvalue weighted by atomic mass is 9.94. The van der Waals surface area contributed by atoms with Gasteiger partial charge in [-0.05, 0) is 30.3 Å². The summed E-state index contributed by atoms with van der Waals surface area (Å²) in [4.78, 5) is 39.4. The fourth-order valence-corrected chi connectivity index (χ4v) is 2.60. The Hall–Kier alpha value is -2.21. The van der Waals surface area contributed by atoms with E-state index in [4.69, 9.17) is 11.0 Å². The van der Waals surface area contributed by atoms with Crippen LogP contribution in [-0.4, -0.2) is 46.7 Å². The average molecular weight is 383 g/mol. The first-order valence-electron chi connectivity index (χ1n) is 12.7. The van der Waals surface area contributed by atoms with Crippen molar-refractivity contribution in [3.8, 4) is 0 Å². The number of likely N-dealkylation sites (N-methyl/N-ethyl adjacent to an activating group) is 1. The van der Waals surface area contributed by atoms with Crippen LogP contribution in [0.5, 0.6) is 0 Å². The summed E-state index contributed by atoms with van der Waals surface area (Å²) in [5.41, 5.74) is -1.12. The number of aliphatic hydroxyl groups is 1. The van der Waals surface area contributed by atoms with Gasteiger partial charge in [0.2, 0.25) is 11.8 Å². The minimum Gasteiger partial charge on any atom is -0.385 e. The van der Waals surface area contributed by atoms with E-state index < -0.39 is 95.7 Å². The van der Waals surface area contributed by atoms with Crippen LogP contribution < -0.4 is 5.32 Å². The molecule has 0 bridgehead atoms. The number of hydrogen-bond donors (Lipinski definition) is 2. The third-order valence-corrected chi connectivity index (χ3v) is 4.45. The normalized spacial score (nSPS) is 32.0. The van der Waals surface area contributed by atoms with Gasteiger partial charge in [-0.1, -0.05) is 44.9 Å². The van der Waals surface area contributed by atoms with Gasteiger partial charge in [0, 0.05) is 28.1 Å². The van der Waals surface area contributed by atoms with Crippen molar-refractivity contribution in [2.75, 3.05) is 7.05 Å². The van der Waals surface area contributed by atoms with E-state index in [2.05, 4.69) is 5.32 Å². The highest BCUT2D eigenvalue weighted by molar-refractivity contribution is 5.93. The van der Waals surface area contributed by atoms with Crippen LogP contribution >= 0.6 is 0 Å². The summed E-state index contributed by atoms with van der Waals surface area (Å²) >= 11 is 0. The number of Topliss-reactive ketones (excluding diaryl/α,β-unsaturated/α-hetero) is 1. The van der Waals surface area contributed by atoms with Crippen molar-refractivity contribution in [3.05, 3.63) is 35.3 Å². The van der Waals surface area contributed by atoms with E-state index >= 15 is 0 Å². The van der Waals surface area contributed by atoms with E-state index in [0.29, 0.717) is 0 Å². The van der Waals surface area contributed by atoms with Gasteiger partial charge in [0.1, 0.15) is 12.1 Å². The van der Waals surface area contributed by atoms with Gasteiger partial charge >= 0.3 is 0 Å². The molecule has 1 aliphatic heterocycles. The van der Waals surface area contributed by atoms with Gasteiger partial charge in [-0.25, -0.2) is 0 Å². The maximum absolute atomic E-state index is 13.3. The van der Waals surface area contributed by atoms with Gasteiger partial charge in [-0.2, -0.15) is 0 Å². The maximum atomic E-state index is 13.3. The molecule has 4 atom stereocenters. The third-order valence-electron chi connectivity index (χ3n) is 4.45. The number of benzene rings is 1. The number of amides is 2. The van der Waals surface area contributed by atoms with Crippen molar-refractivity contribution in [2.24, 2.45) is 11.8 Å². The number of fused-ring (bicyclic) bond motifs is 1. The fourth-order valence-electron chi connectivity index (χ4n) is 2.60. The zero-order valence-electron chi connectivity index (χ0n) is 24.1. The monoisotopic (exact) mass is 382 g/mol. The molecule has 27 heavy (non-hydrogen) atoms. The minimum absolute atomic E-state index is 0.500. The lowest BCUT2D eigenvalue weighted by Gasteiger charge is -2.26. The quantitative estimate of drug-likeness (QED) is 0.786. The molecular formula is C21H30N2O4. The smallest absolute Gasteiger partial charge is 0.249 e. The summed E-state index contributed by atoms with van der Waals surface area (Å²) in [7, 11) is 1.13. The molecule has 2 N–H and O–H groups in total. The highest BCUT2D eigenvalue weighted by Crippen LogP contribution is 2.27. The summed E-state index contributed by atoms with van der Waals surface area (Å²) in [5, 5.41) is 12.4. The molecule has 148 valence electrons. The zero-order valence-corrected chi connectivity index (χ0v) is 16.1. The number of nitrogens with one attached hydrogen (secondary N) is 1. The van der Waals surface area contributed by atoms with E-state index in [-0.39, 0.29) is 0 Å². The van der Waals surface area contributed by atoms with Crippen molar-refractivity contribution in [1.29, 1.82) is 0 Å². The molecule has 0 spiro atoms. The molecule has 1 heterocycles. The summed E-state index contributed by atoms with van der Waals surface area (Å²) < 4.78 is 66.1. The van der Waals surface area contributed by atoms with Gasteiger partial charge in [-0.15, -0.1) is 0 Å². The van der Waals surface area contributed by atoms with E-state index in [1.165, 1.54) is 20.8 Å². The molecule has 1 aliphatic rings. The Morgan fingerprint density at radius 1 is 1.44 bits per heavy atom. The van der Waals surface area contributed by atoms with Crippen LogP contribution in [0, 0.1) is 11.8 Å². The second kappa shape index (κ2) is 8.65. The Balaban J connectivity index is 2.62. The lowest BCUT2D eigenvalue weighted by Crippen LogP contribution is -2.44. The Morgan fingerprint density at radius 3 is 2.70 bits per heavy atom. The van der Waals surface area contributed by atoms with E-state index in [1.807, 2.05) is 0 Å². The fraction of sp³-hybridized carbons (Fsp3) is 0.571. The number of ketones is 1. The SMILES string of the molecule is [2H]c1c([2H])c([2H])c2c(c1[2H])[C@H](NC(=O)[C@H](C)CC(=O)[C@@]([2H])(O)C(C)C)C(=O)N(C)C([2H])(C)C2([2H])[2H]. The number of carbonyl (C=O) groups is 3. The van der Waals surface area contributed by atoms with Crippen LogP contribution in [0.25, 0.3) is 0 Å². The summed E-state index contributed by atoms with van der Waals surface area (Å²) in [6, 6.07) is -7.09. The predicted molar refractivity (Wildman–Crippen MR) is 103 cm³/mol. The number of nitrogens with zero attached hydrogens (tertiary/aromatic N) is 1. The van der Waals surface area contributed by atoms with Crippen LogP contribution in [0.2, 0.25) is 0 Å². The molecule has 1 aromatic rings. The molecule has 0 fully saturated rings. The van der Waals surface area contributed by atoms with Gasteiger partial charge in [0.15, 0.2) is 5.78 Å². The molecule has 2 amide bonds. The molecule has 6 heteroatoms. The number of rotatable bonds is 6. The molecule has 1 aromatic carbocycles. The second-order valence-electron chi connectivity index (χ2n) is 6.91. The van der Waals surface area contributed by atoms with Crippen LogP contribution in [-0.2, 0) is 20.8 Å². The highest BCUT2D eigenvalue weighted by Gasteiger charge is 2.34. The van der Waals surface area contributed by atoms with Crippen LogP contribution in [0.3, 0.4) is 0 Å². The molecule has 0 saturated heterocycles. The molecule has 0 radical (unpaired) electrons. The molecule has 0 aromatic heterocycles. The van der Waals surface area contributed by atoms with Crippen LogP contribution in [0.15, 0.2) is 24.2 Å². The average Bonchev–Trinajstić information content (AvgIpc) is 2.79. The number of carbonyl (C=O) groups excluding carboxylic acids is 3. The first-order valence-corrected chi connectivity index (χ1v) is 8.67. The lowest BCUT2D eigenvalue weighted by molar-refractivity contribution is -0.138. The summed E-state index contributed by atoms with van der Waals surface area (Å²) in [6.07, 6.45) is -5.73. The third kappa shape index (κ3) is 4.75. The Labute approximate surface area is 172 Å². The van der Waals surface area contributed by atoms with E-state index in [1.54, 1.807) is 0 Å². The van der Waals surface area contributed by atoms with Crippen molar-refractivity contribution in [2.45, 2.75) is 58.6 Å². The first kappa shape index (κ1) is 12.3. The van der Waals surface area contributed by atoms with Crippen molar-refractivity contribution < 1.29 is 30.5 Å². The summed E-state index contributed by atoms with van der Waals surface area (Å²) in [6.45, 7) is 5.34. The Kier molecular flexibility index (Phi) is 3.94. The molecule has 2 rings (SSSR count). The van der Waals surface area contributed by atoms with Crippen LogP contribution in [0.1, 0.15) is 62.3 Å². The van der Waals surface area contributed by atoms with Gasteiger partial charge in [0.05, 0.1) is 8.22 Å². The van der Waals surface area contributed by atoms with Crippen molar-refractivity contribution >= 4 is 17.6 Å². The van der Waals surface area contributed by atoms with E-state index in [0.717, 1.165) is 18.9 Å². The summed E-state index contributed by atoms with van der Waals surface area (Å²) in [5.74, 6) is -4.69. The first-order chi connectivity index (χ1) is 15.7. The maximum Gasteiger partial charge on any atom is 0.249 e. The van der Waals surface area contributed by atoms with E-state index in [9.17, 15) is 19.5 Å². The van der Waals surface area contributed by atoms with Crippen molar-refractivity contribution in [3.63, 3.8) is 0 Å². The predicted octanol–water partition coefficient (Wildman–Crippen LogP) is 1.86. The molecular weight excluding hydrogens is 344 g/mol. The topological polar surface area (TPSA) is 86.7 Å².